The van der Waals surface area contributed by atoms with Gasteiger partial charge < -0.3 is 15.0 Å². The Bertz CT molecular complexity index is 497. The minimum Gasteiger partial charge on any atom is -0.497 e. The molecule has 2 amide bonds. The summed E-state index contributed by atoms with van der Waals surface area (Å²) in [7, 11) is 1.61. The maximum atomic E-state index is 12.2. The van der Waals surface area contributed by atoms with Gasteiger partial charge >= 0.3 is 0 Å². The first-order chi connectivity index (χ1) is 10.4. The summed E-state index contributed by atoms with van der Waals surface area (Å²) in [6.45, 7) is 7.77. The molecule has 1 unspecified atom stereocenters. The fourth-order valence-corrected chi connectivity index (χ4v) is 2.12. The molecular weight excluding hydrogens is 280 g/mol. The molecule has 0 heterocycles. The highest BCUT2D eigenvalue weighted by atomic mass is 16.5. The molecule has 0 fully saturated rings. The fraction of sp³-hybridized carbons (Fsp3) is 0.529. The van der Waals surface area contributed by atoms with Crippen LogP contribution in [0.2, 0.25) is 0 Å². The van der Waals surface area contributed by atoms with Gasteiger partial charge in [0.25, 0.3) is 0 Å². The second-order valence-electron chi connectivity index (χ2n) is 5.56. The van der Waals surface area contributed by atoms with Gasteiger partial charge in [0, 0.05) is 19.0 Å². The minimum atomic E-state index is -0.503. The maximum Gasteiger partial charge on any atom is 0.242 e. The van der Waals surface area contributed by atoms with Crippen molar-refractivity contribution in [2.24, 2.45) is 0 Å². The third kappa shape index (κ3) is 5.06. The molecule has 1 aromatic carbocycles. The van der Waals surface area contributed by atoms with E-state index >= 15 is 0 Å². The molecule has 0 aliphatic rings. The third-order valence-electron chi connectivity index (χ3n) is 3.41. The van der Waals surface area contributed by atoms with Gasteiger partial charge in [-0.15, -0.1) is 0 Å². The summed E-state index contributed by atoms with van der Waals surface area (Å²) >= 11 is 0. The minimum absolute atomic E-state index is 0.0396. The summed E-state index contributed by atoms with van der Waals surface area (Å²) in [5.74, 6) is 0.593. The van der Waals surface area contributed by atoms with E-state index in [0.717, 1.165) is 11.3 Å². The van der Waals surface area contributed by atoms with Gasteiger partial charge in [0.2, 0.25) is 11.8 Å². The van der Waals surface area contributed by atoms with Gasteiger partial charge in [-0.25, -0.2) is 0 Å². The average Bonchev–Trinajstić information content (AvgIpc) is 2.51. The topological polar surface area (TPSA) is 58.6 Å². The number of ether oxygens (including phenoxy) is 1. The Morgan fingerprint density at radius 2 is 1.77 bits per heavy atom. The lowest BCUT2D eigenvalue weighted by Crippen LogP contribution is -2.48. The number of hydrogen-bond donors (Lipinski definition) is 1. The Labute approximate surface area is 132 Å². The van der Waals surface area contributed by atoms with E-state index < -0.39 is 6.04 Å². The fourth-order valence-electron chi connectivity index (χ4n) is 2.12. The second kappa shape index (κ2) is 8.41. The van der Waals surface area contributed by atoms with Crippen molar-refractivity contribution in [2.45, 2.75) is 52.7 Å². The van der Waals surface area contributed by atoms with Crippen LogP contribution in [-0.4, -0.2) is 35.9 Å². The lowest BCUT2D eigenvalue weighted by Gasteiger charge is -2.29. The van der Waals surface area contributed by atoms with Gasteiger partial charge in [-0.3, -0.25) is 9.59 Å². The lowest BCUT2D eigenvalue weighted by atomic mass is 10.1. The van der Waals surface area contributed by atoms with Crippen LogP contribution in [0.3, 0.4) is 0 Å². The highest BCUT2D eigenvalue weighted by molar-refractivity contribution is 5.87. The first-order valence-electron chi connectivity index (χ1n) is 7.61. The molecule has 0 spiro atoms. The van der Waals surface area contributed by atoms with E-state index in [1.165, 1.54) is 0 Å². The summed E-state index contributed by atoms with van der Waals surface area (Å²) in [5, 5.41) is 2.85. The van der Waals surface area contributed by atoms with Crippen LogP contribution < -0.4 is 10.1 Å². The normalized spacial score (nSPS) is 11.9. The van der Waals surface area contributed by atoms with E-state index in [4.69, 9.17) is 4.74 Å². The largest absolute Gasteiger partial charge is 0.497 e. The van der Waals surface area contributed by atoms with Gasteiger partial charge in [-0.2, -0.15) is 0 Å². The van der Waals surface area contributed by atoms with E-state index in [9.17, 15) is 9.59 Å². The summed E-state index contributed by atoms with van der Waals surface area (Å²) in [5.41, 5.74) is 0.965. The molecule has 1 atom stereocenters. The highest BCUT2D eigenvalue weighted by Gasteiger charge is 2.25. The number of benzene rings is 1. The molecule has 0 bridgehead atoms. The summed E-state index contributed by atoms with van der Waals surface area (Å²) in [6, 6.07) is 7.06. The number of nitrogens with one attached hydrogen (secondary N) is 1. The molecule has 0 aliphatic carbocycles. The van der Waals surface area contributed by atoms with Gasteiger partial charge in [-0.1, -0.05) is 19.1 Å². The molecule has 1 N–H and O–H groups in total. The first-order valence-corrected chi connectivity index (χ1v) is 7.61. The molecule has 0 radical (unpaired) electrons. The van der Waals surface area contributed by atoms with Gasteiger partial charge in [-0.05, 0) is 38.5 Å². The van der Waals surface area contributed by atoms with Crippen molar-refractivity contribution in [1.29, 1.82) is 0 Å². The Balaban J connectivity index is 2.87. The van der Waals surface area contributed by atoms with E-state index in [2.05, 4.69) is 5.32 Å². The molecule has 0 aromatic heterocycles. The van der Waals surface area contributed by atoms with Crippen LogP contribution >= 0.6 is 0 Å². The molecule has 5 heteroatoms. The molecule has 0 saturated heterocycles. The Morgan fingerprint density at radius 1 is 1.18 bits per heavy atom. The van der Waals surface area contributed by atoms with Crippen LogP contribution in [0.15, 0.2) is 24.3 Å². The zero-order valence-corrected chi connectivity index (χ0v) is 14.1. The summed E-state index contributed by atoms with van der Waals surface area (Å²) in [4.78, 5) is 26.0. The van der Waals surface area contributed by atoms with Gasteiger partial charge in [0.1, 0.15) is 11.8 Å². The van der Waals surface area contributed by atoms with Crippen LogP contribution in [0.4, 0.5) is 0 Å². The number of hydrogen-bond acceptors (Lipinski definition) is 3. The Kier molecular flexibility index (Phi) is 6.89. The predicted octanol–water partition coefficient (Wildman–Crippen LogP) is 2.35. The molecule has 1 aromatic rings. The van der Waals surface area contributed by atoms with Crippen molar-refractivity contribution < 1.29 is 14.3 Å². The molecule has 0 saturated carbocycles. The Morgan fingerprint density at radius 3 is 2.23 bits per heavy atom. The van der Waals surface area contributed by atoms with E-state index in [1.807, 2.05) is 38.1 Å². The second-order valence-corrected chi connectivity index (χ2v) is 5.56. The first kappa shape index (κ1) is 18.0. The van der Waals surface area contributed by atoms with Crippen LogP contribution in [0.1, 0.15) is 39.7 Å². The van der Waals surface area contributed by atoms with Crippen LogP contribution in [0.5, 0.6) is 5.75 Å². The standard InChI is InChI=1S/C17H26N2O3/c1-6-16(20)19(13(4)17(21)18-12(2)3)11-14-7-9-15(22-5)10-8-14/h7-10,12-13H,6,11H2,1-5H3,(H,18,21). The number of amides is 2. The molecule has 122 valence electrons. The maximum absolute atomic E-state index is 12.2. The van der Waals surface area contributed by atoms with Crippen molar-refractivity contribution in [1.82, 2.24) is 10.2 Å². The van der Waals surface area contributed by atoms with Crippen molar-refractivity contribution in [2.75, 3.05) is 7.11 Å². The summed E-state index contributed by atoms with van der Waals surface area (Å²) in [6.07, 6.45) is 0.370. The average molecular weight is 306 g/mol. The predicted molar refractivity (Wildman–Crippen MR) is 86.6 cm³/mol. The molecule has 5 nitrogen and oxygen atoms in total. The summed E-state index contributed by atoms with van der Waals surface area (Å²) < 4.78 is 5.13. The molecule has 1 rings (SSSR count). The van der Waals surface area contributed by atoms with E-state index in [0.29, 0.717) is 13.0 Å². The smallest absolute Gasteiger partial charge is 0.242 e. The van der Waals surface area contributed by atoms with Crippen LogP contribution in [0.25, 0.3) is 0 Å². The SMILES string of the molecule is CCC(=O)N(Cc1ccc(OC)cc1)C(C)C(=O)NC(C)C. The monoisotopic (exact) mass is 306 g/mol. The quantitative estimate of drug-likeness (QED) is 0.841. The zero-order chi connectivity index (χ0) is 16.7. The third-order valence-corrected chi connectivity index (χ3v) is 3.41. The lowest BCUT2D eigenvalue weighted by molar-refractivity contribution is -0.140. The van der Waals surface area contributed by atoms with E-state index in [1.54, 1.807) is 25.9 Å². The number of rotatable bonds is 7. The van der Waals surface area contributed by atoms with Crippen molar-refractivity contribution >= 4 is 11.8 Å². The highest BCUT2D eigenvalue weighted by Crippen LogP contribution is 2.15. The number of carbonyl (C=O) groups excluding carboxylic acids is 2. The van der Waals surface area contributed by atoms with Crippen LogP contribution in [0, 0.1) is 0 Å². The van der Waals surface area contributed by atoms with Crippen molar-refractivity contribution in [3.63, 3.8) is 0 Å². The molecule has 22 heavy (non-hydrogen) atoms. The molecule has 0 aliphatic heterocycles. The number of nitrogens with zero attached hydrogens (tertiary/aromatic N) is 1. The van der Waals surface area contributed by atoms with Crippen molar-refractivity contribution in [3.05, 3.63) is 29.8 Å². The zero-order valence-electron chi connectivity index (χ0n) is 14.1. The number of carbonyl (C=O) groups is 2. The van der Waals surface area contributed by atoms with Crippen LogP contribution in [-0.2, 0) is 16.1 Å². The Hall–Kier alpha value is -2.04. The number of methoxy groups -OCH3 is 1. The van der Waals surface area contributed by atoms with Gasteiger partial charge in [0.15, 0.2) is 0 Å². The van der Waals surface area contributed by atoms with Gasteiger partial charge in [0.05, 0.1) is 7.11 Å². The molecular formula is C17H26N2O3. The van der Waals surface area contributed by atoms with Crippen molar-refractivity contribution in [3.8, 4) is 5.75 Å². The van der Waals surface area contributed by atoms with E-state index in [-0.39, 0.29) is 17.9 Å².